The second kappa shape index (κ2) is 5.48. The lowest BCUT2D eigenvalue weighted by Gasteiger charge is -2.15. The molecule has 1 aromatic heterocycles. The summed E-state index contributed by atoms with van der Waals surface area (Å²) in [6.07, 6.45) is 0.686. The zero-order chi connectivity index (χ0) is 13.9. The molecule has 0 saturated heterocycles. The van der Waals surface area contributed by atoms with Gasteiger partial charge in [0, 0.05) is 12.7 Å². The van der Waals surface area contributed by atoms with E-state index in [9.17, 15) is 14.4 Å². The summed E-state index contributed by atoms with van der Waals surface area (Å²) in [5.74, 6) is -1.71. The summed E-state index contributed by atoms with van der Waals surface area (Å²) >= 11 is 0. The number of amides is 1. The average Bonchev–Trinajstić information content (AvgIpc) is 2.27. The molecule has 1 heterocycles. The van der Waals surface area contributed by atoms with Crippen LogP contribution in [0.15, 0.2) is 10.9 Å². The van der Waals surface area contributed by atoms with Gasteiger partial charge in [-0.2, -0.15) is 0 Å². The zero-order valence-electron chi connectivity index (χ0n) is 10.6. The molecule has 0 atom stereocenters. The lowest BCUT2D eigenvalue weighted by atomic mass is 10.1. The number of carbonyl (C=O) groups is 2. The monoisotopic (exact) mass is 252 g/mol. The van der Waals surface area contributed by atoms with Crippen LogP contribution in [-0.4, -0.2) is 40.5 Å². The van der Waals surface area contributed by atoms with Crippen molar-refractivity contribution in [1.82, 2.24) is 9.88 Å². The Bertz CT molecular complexity index is 533. The molecule has 1 rings (SSSR count). The number of carbonyl (C=O) groups excluding carboxylic acids is 1. The summed E-state index contributed by atoms with van der Waals surface area (Å²) in [5, 5.41) is 8.61. The van der Waals surface area contributed by atoms with E-state index in [-0.39, 0.29) is 5.56 Å². The highest BCUT2D eigenvalue weighted by molar-refractivity contribution is 5.95. The van der Waals surface area contributed by atoms with Gasteiger partial charge < -0.3 is 15.0 Å². The summed E-state index contributed by atoms with van der Waals surface area (Å²) in [6, 6.07) is 1.52. The molecule has 0 bridgehead atoms. The first-order chi connectivity index (χ1) is 8.36. The maximum absolute atomic E-state index is 11.9. The molecule has 0 aromatic carbocycles. The number of pyridine rings is 1. The standard InChI is InChI=1S/C12H16N2O4/c1-4-8-5-9(11(17)13-7(8)2)12(18)14(3)6-10(15)16/h5H,4,6H2,1-3H3,(H,13,17)(H,15,16). The Morgan fingerprint density at radius 1 is 1.44 bits per heavy atom. The van der Waals surface area contributed by atoms with Crippen molar-refractivity contribution in [2.24, 2.45) is 0 Å². The summed E-state index contributed by atoms with van der Waals surface area (Å²) in [4.78, 5) is 37.7. The van der Waals surface area contributed by atoms with Gasteiger partial charge in [-0.3, -0.25) is 14.4 Å². The lowest BCUT2D eigenvalue weighted by molar-refractivity contribution is -0.137. The van der Waals surface area contributed by atoms with Crippen LogP contribution in [-0.2, 0) is 11.2 Å². The summed E-state index contributed by atoms with van der Waals surface area (Å²) < 4.78 is 0. The van der Waals surface area contributed by atoms with Crippen molar-refractivity contribution in [3.8, 4) is 0 Å². The van der Waals surface area contributed by atoms with Crippen molar-refractivity contribution in [2.75, 3.05) is 13.6 Å². The number of hydrogen-bond donors (Lipinski definition) is 2. The zero-order valence-corrected chi connectivity index (χ0v) is 10.6. The van der Waals surface area contributed by atoms with Crippen molar-refractivity contribution >= 4 is 11.9 Å². The average molecular weight is 252 g/mol. The van der Waals surface area contributed by atoms with E-state index in [1.165, 1.54) is 13.1 Å². The minimum atomic E-state index is -1.12. The highest BCUT2D eigenvalue weighted by atomic mass is 16.4. The second-order valence-electron chi connectivity index (χ2n) is 4.07. The predicted molar refractivity (Wildman–Crippen MR) is 65.8 cm³/mol. The number of aromatic amines is 1. The van der Waals surface area contributed by atoms with E-state index < -0.39 is 24.0 Å². The van der Waals surface area contributed by atoms with Crippen molar-refractivity contribution in [2.45, 2.75) is 20.3 Å². The molecule has 0 aliphatic carbocycles. The van der Waals surface area contributed by atoms with Crippen LogP contribution >= 0.6 is 0 Å². The molecule has 0 unspecified atom stereocenters. The van der Waals surface area contributed by atoms with Crippen LogP contribution in [0.5, 0.6) is 0 Å². The van der Waals surface area contributed by atoms with Crippen LogP contribution in [0.1, 0.15) is 28.5 Å². The van der Waals surface area contributed by atoms with Gasteiger partial charge in [-0.05, 0) is 25.0 Å². The van der Waals surface area contributed by atoms with E-state index in [2.05, 4.69) is 4.98 Å². The number of aryl methyl sites for hydroxylation is 2. The number of aliphatic carboxylic acids is 1. The highest BCUT2D eigenvalue weighted by Gasteiger charge is 2.18. The molecule has 0 aliphatic rings. The number of aromatic nitrogens is 1. The number of carboxylic acid groups (broad SMARTS) is 1. The molecular formula is C12H16N2O4. The lowest BCUT2D eigenvalue weighted by Crippen LogP contribution is -2.35. The minimum absolute atomic E-state index is 0.0267. The topological polar surface area (TPSA) is 90.5 Å². The Morgan fingerprint density at radius 2 is 2.06 bits per heavy atom. The molecule has 6 nitrogen and oxygen atoms in total. The Labute approximate surface area is 104 Å². The Kier molecular flexibility index (Phi) is 4.25. The van der Waals surface area contributed by atoms with E-state index in [0.29, 0.717) is 6.42 Å². The summed E-state index contributed by atoms with van der Waals surface area (Å²) in [7, 11) is 1.35. The number of nitrogens with zero attached hydrogens (tertiary/aromatic N) is 1. The molecule has 0 spiro atoms. The number of H-pyrrole nitrogens is 1. The highest BCUT2D eigenvalue weighted by Crippen LogP contribution is 2.07. The third-order valence-electron chi connectivity index (χ3n) is 2.68. The third-order valence-corrected chi connectivity index (χ3v) is 2.68. The normalized spacial score (nSPS) is 10.2. The van der Waals surface area contributed by atoms with Gasteiger partial charge in [-0.25, -0.2) is 0 Å². The van der Waals surface area contributed by atoms with Gasteiger partial charge in [0.2, 0.25) is 0 Å². The van der Waals surface area contributed by atoms with Crippen LogP contribution in [0.3, 0.4) is 0 Å². The summed E-state index contributed by atoms with van der Waals surface area (Å²) in [6.45, 7) is 3.24. The molecule has 18 heavy (non-hydrogen) atoms. The van der Waals surface area contributed by atoms with Gasteiger partial charge in [0.1, 0.15) is 12.1 Å². The quantitative estimate of drug-likeness (QED) is 0.811. The fraction of sp³-hybridized carbons (Fsp3) is 0.417. The smallest absolute Gasteiger partial charge is 0.323 e. The first-order valence-electron chi connectivity index (χ1n) is 5.56. The fourth-order valence-electron chi connectivity index (χ4n) is 1.67. The largest absolute Gasteiger partial charge is 0.480 e. The molecule has 0 fully saturated rings. The van der Waals surface area contributed by atoms with Crippen molar-refractivity contribution < 1.29 is 14.7 Å². The molecule has 1 aromatic rings. The molecule has 0 saturated carbocycles. The van der Waals surface area contributed by atoms with Crippen LogP contribution in [0, 0.1) is 6.92 Å². The fourth-order valence-corrected chi connectivity index (χ4v) is 1.67. The minimum Gasteiger partial charge on any atom is -0.480 e. The first-order valence-corrected chi connectivity index (χ1v) is 5.56. The number of nitrogens with one attached hydrogen (secondary N) is 1. The Morgan fingerprint density at radius 3 is 2.56 bits per heavy atom. The number of hydrogen-bond acceptors (Lipinski definition) is 3. The molecule has 98 valence electrons. The molecule has 0 radical (unpaired) electrons. The van der Waals surface area contributed by atoms with Crippen LogP contribution < -0.4 is 5.56 Å². The van der Waals surface area contributed by atoms with E-state index in [0.717, 1.165) is 16.2 Å². The van der Waals surface area contributed by atoms with Crippen molar-refractivity contribution in [3.63, 3.8) is 0 Å². The molecule has 0 aliphatic heterocycles. The first kappa shape index (κ1) is 14.0. The van der Waals surface area contributed by atoms with Crippen LogP contribution in [0.25, 0.3) is 0 Å². The van der Waals surface area contributed by atoms with Gasteiger partial charge in [0.05, 0.1) is 0 Å². The maximum Gasteiger partial charge on any atom is 0.323 e. The van der Waals surface area contributed by atoms with Crippen LogP contribution in [0.4, 0.5) is 0 Å². The SMILES string of the molecule is CCc1cc(C(=O)N(C)CC(=O)O)c(=O)[nH]c1C. The molecular weight excluding hydrogens is 236 g/mol. The van der Waals surface area contributed by atoms with Gasteiger partial charge in [0.25, 0.3) is 11.5 Å². The predicted octanol–water partition coefficient (Wildman–Crippen LogP) is 0.402. The van der Waals surface area contributed by atoms with Gasteiger partial charge in [-0.15, -0.1) is 0 Å². The third kappa shape index (κ3) is 2.97. The van der Waals surface area contributed by atoms with Gasteiger partial charge in [0.15, 0.2) is 0 Å². The second-order valence-corrected chi connectivity index (χ2v) is 4.07. The number of likely N-dealkylation sites (N-methyl/N-ethyl adjacent to an activating group) is 1. The number of carboxylic acids is 1. The van der Waals surface area contributed by atoms with Gasteiger partial charge in [-0.1, -0.05) is 6.92 Å². The summed E-state index contributed by atoms with van der Waals surface area (Å²) in [5.41, 5.74) is 1.06. The van der Waals surface area contributed by atoms with E-state index in [4.69, 9.17) is 5.11 Å². The molecule has 2 N–H and O–H groups in total. The van der Waals surface area contributed by atoms with E-state index >= 15 is 0 Å². The van der Waals surface area contributed by atoms with Crippen LogP contribution in [0.2, 0.25) is 0 Å². The Hall–Kier alpha value is -2.11. The van der Waals surface area contributed by atoms with E-state index in [1.54, 1.807) is 6.92 Å². The van der Waals surface area contributed by atoms with E-state index in [1.807, 2.05) is 6.92 Å². The van der Waals surface area contributed by atoms with Crippen molar-refractivity contribution in [1.29, 1.82) is 0 Å². The Balaban J connectivity index is 3.13. The molecule has 1 amide bonds. The molecule has 6 heteroatoms. The van der Waals surface area contributed by atoms with Crippen molar-refractivity contribution in [3.05, 3.63) is 33.2 Å². The maximum atomic E-state index is 11.9. The number of rotatable bonds is 4. The van der Waals surface area contributed by atoms with Gasteiger partial charge >= 0.3 is 5.97 Å².